The van der Waals surface area contributed by atoms with Crippen LogP contribution in [-0.4, -0.2) is 12.2 Å². The lowest BCUT2D eigenvalue weighted by Crippen LogP contribution is -2.21. The third kappa shape index (κ3) is 2.51. The molecule has 0 bridgehead atoms. The zero-order chi connectivity index (χ0) is 10.9. The van der Waals surface area contributed by atoms with Crippen molar-refractivity contribution in [2.75, 3.05) is 7.11 Å². The molecule has 15 heavy (non-hydrogen) atoms. The molecule has 1 unspecified atom stereocenters. The van der Waals surface area contributed by atoms with Crippen molar-refractivity contribution < 1.29 is 9.84 Å². The minimum absolute atomic E-state index is 0.687. The van der Waals surface area contributed by atoms with Gasteiger partial charge in [0.05, 0.1) is 12.7 Å². The number of hydrogen-bond donors (Lipinski definition) is 1. The maximum Gasteiger partial charge on any atom is 0.118 e. The molecule has 1 saturated carbocycles. The quantitative estimate of drug-likeness (QED) is 0.820. The number of benzene rings is 1. The van der Waals surface area contributed by atoms with E-state index >= 15 is 0 Å². The number of aliphatic hydroxyl groups is 1. The van der Waals surface area contributed by atoms with Crippen molar-refractivity contribution in [3.8, 4) is 5.75 Å². The van der Waals surface area contributed by atoms with Gasteiger partial charge in [-0.2, -0.15) is 0 Å². The van der Waals surface area contributed by atoms with Crippen molar-refractivity contribution in [2.45, 2.75) is 31.8 Å². The molecule has 1 atom stereocenters. The summed E-state index contributed by atoms with van der Waals surface area (Å²) in [6.07, 6.45) is 3.41. The Labute approximate surface area is 90.9 Å². The van der Waals surface area contributed by atoms with E-state index in [4.69, 9.17) is 4.74 Å². The van der Waals surface area contributed by atoms with Crippen LogP contribution in [0.2, 0.25) is 0 Å². The van der Waals surface area contributed by atoms with Crippen molar-refractivity contribution in [3.63, 3.8) is 0 Å². The summed E-state index contributed by atoms with van der Waals surface area (Å²) in [5, 5.41) is 10.3. The van der Waals surface area contributed by atoms with Gasteiger partial charge in [0.1, 0.15) is 5.75 Å². The van der Waals surface area contributed by atoms with E-state index in [1.165, 1.54) is 12.8 Å². The maximum atomic E-state index is 10.3. The van der Waals surface area contributed by atoms with Crippen molar-refractivity contribution in [3.05, 3.63) is 29.8 Å². The van der Waals surface area contributed by atoms with Gasteiger partial charge in [0.15, 0.2) is 0 Å². The second-order valence-corrected chi connectivity index (χ2v) is 4.65. The van der Waals surface area contributed by atoms with Crippen LogP contribution < -0.4 is 4.74 Å². The summed E-state index contributed by atoms with van der Waals surface area (Å²) >= 11 is 0. The van der Waals surface area contributed by atoms with Crippen molar-refractivity contribution in [2.24, 2.45) is 5.92 Å². The highest BCUT2D eigenvalue weighted by Gasteiger charge is 2.32. The molecule has 2 heteroatoms. The van der Waals surface area contributed by atoms with Gasteiger partial charge in [0.25, 0.3) is 0 Å². The molecule has 1 N–H and O–H groups in total. The van der Waals surface area contributed by atoms with Gasteiger partial charge in [-0.05, 0) is 37.0 Å². The molecule has 0 aliphatic heterocycles. The molecule has 1 aromatic rings. The highest BCUT2D eigenvalue weighted by Crippen LogP contribution is 2.40. The molecule has 0 heterocycles. The molecule has 2 nitrogen and oxygen atoms in total. The van der Waals surface area contributed by atoms with Crippen LogP contribution in [0.4, 0.5) is 0 Å². The Morgan fingerprint density at radius 2 is 1.93 bits per heavy atom. The van der Waals surface area contributed by atoms with Crippen LogP contribution in [0.25, 0.3) is 0 Å². The highest BCUT2D eigenvalue weighted by molar-refractivity contribution is 5.30. The Morgan fingerprint density at radius 3 is 2.40 bits per heavy atom. The van der Waals surface area contributed by atoms with Crippen molar-refractivity contribution in [1.82, 2.24) is 0 Å². The predicted octanol–water partition coefficient (Wildman–Crippen LogP) is 2.70. The first kappa shape index (κ1) is 10.5. The predicted molar refractivity (Wildman–Crippen MR) is 59.9 cm³/mol. The molecule has 1 fully saturated rings. The lowest BCUT2D eigenvalue weighted by atomic mass is 9.90. The molecule has 1 aliphatic carbocycles. The molecular weight excluding hydrogens is 188 g/mol. The Hall–Kier alpha value is -1.02. The third-order valence-electron chi connectivity index (χ3n) is 3.09. The molecule has 0 spiro atoms. The summed E-state index contributed by atoms with van der Waals surface area (Å²) in [5.41, 5.74) is 0.295. The van der Waals surface area contributed by atoms with Crippen molar-refractivity contribution in [1.29, 1.82) is 0 Å². The Morgan fingerprint density at radius 1 is 1.33 bits per heavy atom. The molecule has 0 aromatic heterocycles. The molecule has 0 amide bonds. The summed E-state index contributed by atoms with van der Waals surface area (Å²) in [4.78, 5) is 0. The van der Waals surface area contributed by atoms with Gasteiger partial charge in [0, 0.05) is 0 Å². The average Bonchev–Trinajstić information content (AvgIpc) is 3.01. The second-order valence-electron chi connectivity index (χ2n) is 4.65. The minimum atomic E-state index is -0.687. The maximum absolute atomic E-state index is 10.3. The number of methoxy groups -OCH3 is 1. The number of rotatable bonds is 4. The normalized spacial score (nSPS) is 19.7. The standard InChI is InChI=1S/C13H18O2/c1-13(14,9-10-3-4-10)11-5-7-12(15-2)8-6-11/h5-8,10,14H,3-4,9H2,1-2H3. The zero-order valence-electron chi connectivity index (χ0n) is 9.36. The van der Waals surface area contributed by atoms with Gasteiger partial charge in [-0.15, -0.1) is 0 Å². The van der Waals surface area contributed by atoms with E-state index in [0.29, 0.717) is 0 Å². The Kier molecular flexibility index (Phi) is 2.70. The van der Waals surface area contributed by atoms with Gasteiger partial charge in [-0.3, -0.25) is 0 Å². The van der Waals surface area contributed by atoms with Crippen LogP contribution in [0.5, 0.6) is 5.75 Å². The summed E-state index contributed by atoms with van der Waals surface area (Å²) < 4.78 is 5.09. The first-order valence-electron chi connectivity index (χ1n) is 5.49. The lowest BCUT2D eigenvalue weighted by Gasteiger charge is -2.23. The average molecular weight is 206 g/mol. The zero-order valence-corrected chi connectivity index (χ0v) is 9.36. The fourth-order valence-electron chi connectivity index (χ4n) is 1.95. The lowest BCUT2D eigenvalue weighted by molar-refractivity contribution is 0.0417. The van der Waals surface area contributed by atoms with Crippen LogP contribution in [0.1, 0.15) is 31.7 Å². The van der Waals surface area contributed by atoms with Crippen LogP contribution in [0.3, 0.4) is 0 Å². The van der Waals surface area contributed by atoms with Gasteiger partial charge in [-0.25, -0.2) is 0 Å². The number of ether oxygens (including phenoxy) is 1. The smallest absolute Gasteiger partial charge is 0.118 e. The van der Waals surface area contributed by atoms with Crippen LogP contribution in [0.15, 0.2) is 24.3 Å². The first-order valence-corrected chi connectivity index (χ1v) is 5.49. The molecule has 0 radical (unpaired) electrons. The van der Waals surface area contributed by atoms with E-state index in [2.05, 4.69) is 0 Å². The van der Waals surface area contributed by atoms with Crippen molar-refractivity contribution >= 4 is 0 Å². The number of hydrogen-bond acceptors (Lipinski definition) is 2. The highest BCUT2D eigenvalue weighted by atomic mass is 16.5. The summed E-state index contributed by atoms with van der Waals surface area (Å²) in [6, 6.07) is 7.69. The summed E-state index contributed by atoms with van der Waals surface area (Å²) in [6.45, 7) is 1.90. The third-order valence-corrected chi connectivity index (χ3v) is 3.09. The largest absolute Gasteiger partial charge is 0.497 e. The molecule has 0 saturated heterocycles. The molecule has 82 valence electrons. The molecule has 1 aliphatic rings. The van der Waals surface area contributed by atoms with Gasteiger partial charge >= 0.3 is 0 Å². The van der Waals surface area contributed by atoms with E-state index in [1.54, 1.807) is 7.11 Å². The van der Waals surface area contributed by atoms with E-state index < -0.39 is 5.60 Å². The van der Waals surface area contributed by atoms with Crippen LogP contribution in [-0.2, 0) is 5.60 Å². The van der Waals surface area contributed by atoms with E-state index in [0.717, 1.165) is 23.7 Å². The Balaban J connectivity index is 2.11. The fraction of sp³-hybridized carbons (Fsp3) is 0.538. The summed E-state index contributed by atoms with van der Waals surface area (Å²) in [5.74, 6) is 1.56. The van der Waals surface area contributed by atoms with Crippen LogP contribution >= 0.6 is 0 Å². The minimum Gasteiger partial charge on any atom is -0.497 e. The molecule has 1 aromatic carbocycles. The van der Waals surface area contributed by atoms with Gasteiger partial charge in [0.2, 0.25) is 0 Å². The Bertz CT molecular complexity index is 323. The SMILES string of the molecule is COc1ccc(C(C)(O)CC2CC2)cc1. The van der Waals surface area contributed by atoms with E-state index in [9.17, 15) is 5.11 Å². The topological polar surface area (TPSA) is 29.5 Å². The molecule has 2 rings (SSSR count). The second kappa shape index (κ2) is 3.86. The van der Waals surface area contributed by atoms with E-state index in [1.807, 2.05) is 31.2 Å². The first-order chi connectivity index (χ1) is 7.12. The van der Waals surface area contributed by atoms with E-state index in [-0.39, 0.29) is 0 Å². The molecular formula is C13H18O2. The van der Waals surface area contributed by atoms with Gasteiger partial charge in [-0.1, -0.05) is 25.0 Å². The van der Waals surface area contributed by atoms with Gasteiger partial charge < -0.3 is 9.84 Å². The summed E-state index contributed by atoms with van der Waals surface area (Å²) in [7, 11) is 1.65. The monoisotopic (exact) mass is 206 g/mol. The fourth-order valence-corrected chi connectivity index (χ4v) is 1.95. The van der Waals surface area contributed by atoms with Crippen LogP contribution in [0, 0.1) is 5.92 Å².